The first-order chi connectivity index (χ1) is 6.63. The quantitative estimate of drug-likeness (QED) is 0.466. The SMILES string of the molecule is CSC(N)=[NH+]c1cccc(C(=O)O)c1. The first kappa shape index (κ1) is 10.6. The summed E-state index contributed by atoms with van der Waals surface area (Å²) in [5.74, 6) is -0.948. The molecule has 0 bridgehead atoms. The number of carboxylic acids is 1. The molecule has 0 fully saturated rings. The summed E-state index contributed by atoms with van der Waals surface area (Å²) in [4.78, 5) is 13.5. The van der Waals surface area contributed by atoms with E-state index in [4.69, 9.17) is 10.8 Å². The molecule has 0 amide bonds. The number of thioether (sulfide) groups is 1. The Bertz CT molecular complexity index is 377. The van der Waals surface area contributed by atoms with Gasteiger partial charge in [0.25, 0.3) is 0 Å². The van der Waals surface area contributed by atoms with Gasteiger partial charge in [-0.3, -0.25) is 5.73 Å². The number of carboxylic acid groups (broad SMARTS) is 1. The Morgan fingerprint density at radius 2 is 2.29 bits per heavy atom. The van der Waals surface area contributed by atoms with Crippen molar-refractivity contribution >= 4 is 28.6 Å². The molecule has 0 radical (unpaired) electrons. The van der Waals surface area contributed by atoms with Crippen molar-refractivity contribution in [2.45, 2.75) is 0 Å². The third-order valence-electron chi connectivity index (χ3n) is 1.60. The van der Waals surface area contributed by atoms with E-state index in [1.54, 1.807) is 12.1 Å². The smallest absolute Gasteiger partial charge is 0.335 e. The summed E-state index contributed by atoms with van der Waals surface area (Å²) in [5.41, 5.74) is 6.47. The van der Waals surface area contributed by atoms with Crippen molar-refractivity contribution in [2.75, 3.05) is 6.26 Å². The Morgan fingerprint density at radius 3 is 2.86 bits per heavy atom. The zero-order chi connectivity index (χ0) is 10.6. The van der Waals surface area contributed by atoms with Crippen molar-refractivity contribution in [1.29, 1.82) is 0 Å². The number of hydrogen-bond acceptors (Lipinski definition) is 2. The predicted molar refractivity (Wildman–Crippen MR) is 56.7 cm³/mol. The average molecular weight is 211 g/mol. The molecule has 4 N–H and O–H groups in total. The molecule has 4 nitrogen and oxygen atoms in total. The number of rotatable bonds is 2. The second-order valence-corrected chi connectivity index (χ2v) is 3.43. The van der Waals surface area contributed by atoms with E-state index in [9.17, 15) is 4.79 Å². The van der Waals surface area contributed by atoms with Gasteiger partial charge in [-0.2, -0.15) is 0 Å². The normalized spacial score (nSPS) is 11.4. The minimum atomic E-state index is -0.948. The number of carbonyl (C=O) groups is 1. The van der Waals surface area contributed by atoms with E-state index in [0.29, 0.717) is 10.9 Å². The average Bonchev–Trinajstić information content (AvgIpc) is 2.18. The lowest BCUT2D eigenvalue weighted by Gasteiger charge is -1.95. The molecule has 14 heavy (non-hydrogen) atoms. The van der Waals surface area contributed by atoms with E-state index in [1.807, 2.05) is 6.26 Å². The molecule has 1 aromatic rings. The molecule has 0 atom stereocenters. The molecule has 0 saturated carbocycles. The molecule has 0 saturated heterocycles. The Balaban J connectivity index is 3.00. The third kappa shape index (κ3) is 2.77. The molecule has 1 aromatic carbocycles. The summed E-state index contributed by atoms with van der Waals surface area (Å²) < 4.78 is 0. The zero-order valence-electron chi connectivity index (χ0n) is 7.65. The van der Waals surface area contributed by atoms with E-state index in [-0.39, 0.29) is 5.56 Å². The monoisotopic (exact) mass is 211 g/mol. The van der Waals surface area contributed by atoms with Crippen LogP contribution in [0.1, 0.15) is 10.4 Å². The van der Waals surface area contributed by atoms with Crippen LogP contribution in [0.3, 0.4) is 0 Å². The molecular weight excluding hydrogens is 200 g/mol. The standard InChI is InChI=1S/C9H10N2O2S/c1-14-9(10)11-7-4-2-3-6(5-7)8(12)13/h2-5H,1H3,(H2,10,11)(H,12,13)/p+1. The molecule has 0 aliphatic rings. The maximum absolute atomic E-state index is 10.6. The molecule has 0 heterocycles. The van der Waals surface area contributed by atoms with Crippen LogP contribution in [-0.4, -0.2) is 22.5 Å². The minimum absolute atomic E-state index is 0.240. The number of amidine groups is 1. The van der Waals surface area contributed by atoms with Crippen LogP contribution in [0.15, 0.2) is 24.3 Å². The highest BCUT2D eigenvalue weighted by Crippen LogP contribution is 2.04. The topological polar surface area (TPSA) is 77.3 Å². The molecule has 0 aromatic heterocycles. The van der Waals surface area contributed by atoms with Crippen LogP contribution in [0.5, 0.6) is 0 Å². The van der Waals surface area contributed by atoms with Gasteiger partial charge in [0, 0.05) is 0 Å². The fourth-order valence-corrected chi connectivity index (χ4v) is 1.14. The summed E-state index contributed by atoms with van der Waals surface area (Å²) >= 11 is 1.37. The summed E-state index contributed by atoms with van der Waals surface area (Å²) in [5, 5.41) is 9.26. The van der Waals surface area contributed by atoms with E-state index in [2.05, 4.69) is 4.99 Å². The molecule has 0 aliphatic carbocycles. The summed E-state index contributed by atoms with van der Waals surface area (Å²) in [6, 6.07) is 6.49. The van der Waals surface area contributed by atoms with Crippen molar-refractivity contribution in [3.05, 3.63) is 29.8 Å². The fraction of sp³-hybridized carbons (Fsp3) is 0.111. The largest absolute Gasteiger partial charge is 0.478 e. The predicted octanol–water partition coefficient (Wildman–Crippen LogP) is -0.225. The molecule has 0 spiro atoms. The van der Waals surface area contributed by atoms with Crippen LogP contribution in [0.25, 0.3) is 0 Å². The molecule has 74 valence electrons. The van der Waals surface area contributed by atoms with Gasteiger partial charge in [0.1, 0.15) is 5.69 Å². The molecule has 0 unspecified atom stereocenters. The van der Waals surface area contributed by atoms with Gasteiger partial charge in [-0.25, -0.2) is 9.79 Å². The zero-order valence-corrected chi connectivity index (χ0v) is 8.47. The van der Waals surface area contributed by atoms with Gasteiger partial charge in [-0.1, -0.05) is 6.07 Å². The van der Waals surface area contributed by atoms with Gasteiger partial charge < -0.3 is 5.11 Å². The highest BCUT2D eigenvalue weighted by atomic mass is 32.2. The highest BCUT2D eigenvalue weighted by Gasteiger charge is 2.04. The van der Waals surface area contributed by atoms with Crippen LogP contribution in [0.4, 0.5) is 5.69 Å². The van der Waals surface area contributed by atoms with Crippen LogP contribution < -0.4 is 10.7 Å². The van der Waals surface area contributed by atoms with Gasteiger partial charge in [0.2, 0.25) is 0 Å². The number of nitrogens with one attached hydrogen (secondary N) is 1. The Morgan fingerprint density at radius 1 is 1.57 bits per heavy atom. The van der Waals surface area contributed by atoms with Crippen molar-refractivity contribution in [2.24, 2.45) is 5.73 Å². The van der Waals surface area contributed by atoms with Gasteiger partial charge >= 0.3 is 11.1 Å². The maximum Gasteiger partial charge on any atom is 0.335 e. The van der Waals surface area contributed by atoms with Crippen LogP contribution in [-0.2, 0) is 0 Å². The highest BCUT2D eigenvalue weighted by molar-refractivity contribution is 8.12. The summed E-state index contributed by atoms with van der Waals surface area (Å²) in [6.45, 7) is 0. The molecular formula is C9H11N2O2S+. The van der Waals surface area contributed by atoms with Crippen molar-refractivity contribution < 1.29 is 14.9 Å². The van der Waals surface area contributed by atoms with E-state index < -0.39 is 5.97 Å². The second kappa shape index (κ2) is 4.66. The van der Waals surface area contributed by atoms with Gasteiger partial charge in [-0.05, 0) is 36.2 Å². The summed E-state index contributed by atoms with van der Waals surface area (Å²) in [7, 11) is 0. The van der Waals surface area contributed by atoms with Crippen LogP contribution in [0.2, 0.25) is 0 Å². The molecule has 0 aliphatic heterocycles. The number of hydrogen-bond donors (Lipinski definition) is 3. The minimum Gasteiger partial charge on any atom is -0.478 e. The van der Waals surface area contributed by atoms with Crippen LogP contribution in [0, 0.1) is 0 Å². The van der Waals surface area contributed by atoms with Crippen molar-refractivity contribution in [1.82, 2.24) is 0 Å². The lowest BCUT2D eigenvalue weighted by atomic mass is 10.2. The second-order valence-electron chi connectivity index (χ2n) is 2.58. The van der Waals surface area contributed by atoms with Crippen LogP contribution >= 0.6 is 11.8 Å². The van der Waals surface area contributed by atoms with E-state index >= 15 is 0 Å². The maximum atomic E-state index is 10.6. The number of benzene rings is 1. The van der Waals surface area contributed by atoms with Gasteiger partial charge in [0.05, 0.1) is 5.56 Å². The van der Waals surface area contributed by atoms with Crippen molar-refractivity contribution in [3.8, 4) is 0 Å². The lowest BCUT2D eigenvalue weighted by Crippen LogP contribution is -2.68. The first-order valence-corrected chi connectivity index (χ1v) is 5.12. The van der Waals surface area contributed by atoms with Crippen molar-refractivity contribution in [3.63, 3.8) is 0 Å². The van der Waals surface area contributed by atoms with Gasteiger partial charge in [0.15, 0.2) is 0 Å². The third-order valence-corrected chi connectivity index (χ3v) is 2.14. The molecule has 5 heteroatoms. The number of nitrogens with two attached hydrogens (primary N) is 1. The molecule has 1 rings (SSSR count). The lowest BCUT2D eigenvalue weighted by molar-refractivity contribution is -0.351. The number of aromatic carboxylic acids is 1. The Hall–Kier alpha value is -1.49. The first-order valence-electron chi connectivity index (χ1n) is 3.90. The fourth-order valence-electron chi connectivity index (χ4n) is 0.923. The van der Waals surface area contributed by atoms with E-state index in [0.717, 1.165) is 0 Å². The Labute approximate surface area is 85.8 Å². The Kier molecular flexibility index (Phi) is 3.53. The summed E-state index contributed by atoms with van der Waals surface area (Å²) in [6.07, 6.45) is 1.84. The van der Waals surface area contributed by atoms with Gasteiger partial charge in [-0.15, -0.1) is 0 Å². The van der Waals surface area contributed by atoms with E-state index in [1.165, 1.54) is 23.9 Å².